The Morgan fingerprint density at radius 1 is 1.12 bits per heavy atom. The molecule has 5 atom stereocenters. The Kier molecular flexibility index (Phi) is 6.58. The summed E-state index contributed by atoms with van der Waals surface area (Å²) in [4.78, 5) is 36.7. The standard InChI is InChI=1S/C27H36O5/c1-16-6-9-20(28)15-19(16)8-7-18-5-4-14-27(3)21(10-11-22(18)27)17(2)26(31)32-25-23(29)12-13-24(25)30/h7-8,17,20-22,25,28H,1,4-6,9-15H2,2-3H3/b18-7+,19-8-/t17-,20-,21?,22?,27?/m0/s1. The third kappa shape index (κ3) is 4.28. The topological polar surface area (TPSA) is 80.7 Å². The summed E-state index contributed by atoms with van der Waals surface area (Å²) < 4.78 is 5.41. The number of aliphatic hydroxyl groups excluding tert-OH is 1. The van der Waals surface area contributed by atoms with E-state index >= 15 is 0 Å². The van der Waals surface area contributed by atoms with Gasteiger partial charge in [-0.3, -0.25) is 14.4 Å². The van der Waals surface area contributed by atoms with Crippen molar-refractivity contribution in [3.63, 3.8) is 0 Å². The number of aliphatic hydroxyl groups is 1. The molecule has 0 aromatic rings. The maximum absolute atomic E-state index is 12.9. The van der Waals surface area contributed by atoms with E-state index in [1.807, 2.05) is 6.92 Å². The lowest BCUT2D eigenvalue weighted by atomic mass is 9.61. The lowest BCUT2D eigenvalue weighted by Crippen LogP contribution is -2.40. The van der Waals surface area contributed by atoms with Crippen LogP contribution in [0.15, 0.2) is 35.5 Å². The van der Waals surface area contributed by atoms with Crippen LogP contribution >= 0.6 is 0 Å². The second-order valence-electron chi connectivity index (χ2n) is 10.6. The SMILES string of the molecule is C=C1CC[C@H](O)C/C1=C/C=C1\CCCC2(C)C1CCC2[C@H](C)C(=O)OC1C(=O)CCC1=O. The molecule has 4 rings (SSSR count). The third-order valence-corrected chi connectivity index (χ3v) is 8.64. The van der Waals surface area contributed by atoms with Crippen molar-refractivity contribution in [2.75, 3.05) is 0 Å². The van der Waals surface area contributed by atoms with Crippen LogP contribution in [0.3, 0.4) is 0 Å². The van der Waals surface area contributed by atoms with Crippen LogP contribution in [0.2, 0.25) is 0 Å². The van der Waals surface area contributed by atoms with Gasteiger partial charge in [0.2, 0.25) is 6.10 Å². The molecule has 4 fully saturated rings. The molecule has 32 heavy (non-hydrogen) atoms. The zero-order valence-electron chi connectivity index (χ0n) is 19.4. The Morgan fingerprint density at radius 3 is 2.56 bits per heavy atom. The van der Waals surface area contributed by atoms with Gasteiger partial charge in [-0.2, -0.15) is 0 Å². The van der Waals surface area contributed by atoms with Gasteiger partial charge in [-0.25, -0.2) is 0 Å². The predicted molar refractivity (Wildman–Crippen MR) is 122 cm³/mol. The van der Waals surface area contributed by atoms with Crippen molar-refractivity contribution in [2.24, 2.45) is 23.2 Å². The molecule has 3 unspecified atom stereocenters. The first-order valence-electron chi connectivity index (χ1n) is 12.2. The summed E-state index contributed by atoms with van der Waals surface area (Å²) in [5.41, 5.74) is 3.72. The van der Waals surface area contributed by atoms with E-state index in [0.29, 0.717) is 12.3 Å². The van der Waals surface area contributed by atoms with Crippen molar-refractivity contribution in [3.05, 3.63) is 35.5 Å². The number of ketones is 2. The average Bonchev–Trinajstić information content (AvgIpc) is 3.27. The number of carbonyl (C=O) groups is 3. The summed E-state index contributed by atoms with van der Waals surface area (Å²) in [6, 6.07) is 0. The maximum Gasteiger partial charge on any atom is 0.310 e. The highest BCUT2D eigenvalue weighted by atomic mass is 16.6. The monoisotopic (exact) mass is 440 g/mol. The number of Topliss-reactive ketones (excluding diaryl/α,β-unsaturated/α-hetero) is 2. The van der Waals surface area contributed by atoms with Gasteiger partial charge in [0.25, 0.3) is 0 Å². The van der Waals surface area contributed by atoms with Crippen LogP contribution < -0.4 is 0 Å². The summed E-state index contributed by atoms with van der Waals surface area (Å²) in [6.45, 7) is 8.37. The second kappa shape index (κ2) is 9.09. The highest BCUT2D eigenvalue weighted by Crippen LogP contribution is 2.59. The average molecular weight is 441 g/mol. The Labute approximate surface area is 191 Å². The molecule has 0 saturated heterocycles. The summed E-state index contributed by atoms with van der Waals surface area (Å²) in [7, 11) is 0. The number of carbonyl (C=O) groups excluding carboxylic acids is 3. The van der Waals surface area contributed by atoms with Crippen molar-refractivity contribution in [1.29, 1.82) is 0 Å². The highest BCUT2D eigenvalue weighted by Gasteiger charge is 2.52. The Bertz CT molecular complexity index is 864. The fraction of sp³-hybridized carbons (Fsp3) is 0.667. The molecule has 4 aliphatic carbocycles. The van der Waals surface area contributed by atoms with Gasteiger partial charge in [-0.15, -0.1) is 0 Å². The van der Waals surface area contributed by atoms with Crippen molar-refractivity contribution in [2.45, 2.75) is 90.3 Å². The molecule has 4 saturated carbocycles. The molecule has 0 bridgehead atoms. The minimum atomic E-state index is -1.18. The van der Waals surface area contributed by atoms with Crippen LogP contribution in [0.4, 0.5) is 0 Å². The van der Waals surface area contributed by atoms with E-state index in [9.17, 15) is 19.5 Å². The fourth-order valence-electron chi connectivity index (χ4n) is 6.70. The molecule has 0 amide bonds. The Hall–Kier alpha value is -2.01. The molecule has 0 heterocycles. The van der Waals surface area contributed by atoms with Gasteiger partial charge in [0.05, 0.1) is 12.0 Å². The first kappa shape index (κ1) is 23.2. The van der Waals surface area contributed by atoms with Crippen LogP contribution in [0, 0.1) is 23.2 Å². The number of hydrogen-bond donors (Lipinski definition) is 1. The molecule has 0 aliphatic heterocycles. The minimum Gasteiger partial charge on any atom is -0.446 e. The number of hydrogen-bond acceptors (Lipinski definition) is 5. The van der Waals surface area contributed by atoms with Crippen LogP contribution in [-0.2, 0) is 19.1 Å². The molecule has 0 aromatic heterocycles. The van der Waals surface area contributed by atoms with Crippen LogP contribution in [0.5, 0.6) is 0 Å². The van der Waals surface area contributed by atoms with E-state index in [1.54, 1.807) is 0 Å². The molecular formula is C27H36O5. The Balaban J connectivity index is 1.48. The maximum atomic E-state index is 12.9. The molecule has 0 aromatic carbocycles. The van der Waals surface area contributed by atoms with E-state index in [0.717, 1.165) is 56.1 Å². The molecule has 4 aliphatic rings. The van der Waals surface area contributed by atoms with Crippen molar-refractivity contribution in [1.82, 2.24) is 0 Å². The number of rotatable bonds is 4. The lowest BCUT2D eigenvalue weighted by Gasteiger charge is -2.43. The fourth-order valence-corrected chi connectivity index (χ4v) is 6.70. The minimum absolute atomic E-state index is 0.00775. The number of ether oxygens (including phenoxy) is 1. The third-order valence-electron chi connectivity index (χ3n) is 8.64. The largest absolute Gasteiger partial charge is 0.446 e. The lowest BCUT2D eigenvalue weighted by molar-refractivity contribution is -0.163. The second-order valence-corrected chi connectivity index (χ2v) is 10.6. The Morgan fingerprint density at radius 2 is 1.84 bits per heavy atom. The van der Waals surface area contributed by atoms with Gasteiger partial charge < -0.3 is 9.84 Å². The zero-order chi connectivity index (χ0) is 23.0. The van der Waals surface area contributed by atoms with Crippen LogP contribution in [0.1, 0.15) is 78.1 Å². The van der Waals surface area contributed by atoms with Gasteiger partial charge in [0.15, 0.2) is 11.6 Å². The van der Waals surface area contributed by atoms with E-state index in [4.69, 9.17) is 4.74 Å². The quantitative estimate of drug-likeness (QED) is 0.509. The summed E-state index contributed by atoms with van der Waals surface area (Å²) in [5, 5.41) is 10.0. The zero-order valence-corrected chi connectivity index (χ0v) is 19.4. The van der Waals surface area contributed by atoms with E-state index in [-0.39, 0.29) is 47.8 Å². The van der Waals surface area contributed by atoms with Gasteiger partial charge in [0, 0.05) is 12.8 Å². The van der Waals surface area contributed by atoms with Crippen molar-refractivity contribution in [3.8, 4) is 0 Å². The van der Waals surface area contributed by atoms with Crippen LogP contribution in [0.25, 0.3) is 0 Å². The summed E-state index contributed by atoms with van der Waals surface area (Å²) in [5.74, 6) is -0.680. The van der Waals surface area contributed by atoms with Crippen LogP contribution in [-0.4, -0.2) is 34.9 Å². The summed E-state index contributed by atoms with van der Waals surface area (Å²) in [6.07, 6.45) is 10.9. The van der Waals surface area contributed by atoms with E-state index in [1.165, 1.54) is 5.57 Å². The first-order valence-corrected chi connectivity index (χ1v) is 12.2. The van der Waals surface area contributed by atoms with Crippen molar-refractivity contribution < 1.29 is 24.2 Å². The van der Waals surface area contributed by atoms with E-state index in [2.05, 4.69) is 25.7 Å². The molecule has 5 nitrogen and oxygen atoms in total. The predicted octanol–water partition coefficient (Wildman–Crippen LogP) is 4.64. The van der Waals surface area contributed by atoms with Gasteiger partial charge >= 0.3 is 5.97 Å². The molecule has 1 N–H and O–H groups in total. The molecular weight excluding hydrogens is 404 g/mol. The molecule has 174 valence electrons. The summed E-state index contributed by atoms with van der Waals surface area (Å²) >= 11 is 0. The number of allylic oxidation sites excluding steroid dienone is 4. The van der Waals surface area contributed by atoms with Gasteiger partial charge in [-0.05, 0) is 74.2 Å². The molecule has 0 spiro atoms. The first-order chi connectivity index (χ1) is 15.2. The highest BCUT2D eigenvalue weighted by molar-refractivity contribution is 6.12. The smallest absolute Gasteiger partial charge is 0.310 e. The van der Waals surface area contributed by atoms with Gasteiger partial charge in [-0.1, -0.05) is 43.7 Å². The van der Waals surface area contributed by atoms with Crippen molar-refractivity contribution >= 4 is 17.5 Å². The van der Waals surface area contributed by atoms with E-state index < -0.39 is 12.1 Å². The normalized spacial score (nSPS) is 37.2. The molecule has 0 radical (unpaired) electrons. The van der Waals surface area contributed by atoms with Gasteiger partial charge in [0.1, 0.15) is 0 Å². The number of esters is 1. The number of fused-ring (bicyclic) bond motifs is 1. The molecule has 5 heteroatoms.